The van der Waals surface area contributed by atoms with Crippen LogP contribution in [0.15, 0.2) is 54.6 Å². The number of nitrogens with zero attached hydrogens (tertiary/aromatic N) is 2. The molecule has 548 valence electrons. The first kappa shape index (κ1) is 96.6. The number of halogens is 1. The topological polar surface area (TPSA) is 455 Å². The molecule has 0 spiro atoms. The van der Waals surface area contributed by atoms with Gasteiger partial charge in [0.15, 0.2) is 19.8 Å². The Balaban J connectivity index is -0.00000130. The maximum absolute atomic E-state index is 12.6. The predicted molar refractivity (Wildman–Crippen MR) is 365 cm³/mol. The second-order valence-corrected chi connectivity index (χ2v) is 24.9. The summed E-state index contributed by atoms with van der Waals surface area (Å²) in [6, 6.07) is 15.4. The van der Waals surface area contributed by atoms with Gasteiger partial charge in [0.1, 0.15) is 34.1 Å². The van der Waals surface area contributed by atoms with E-state index in [9.17, 15) is 52.7 Å². The van der Waals surface area contributed by atoms with E-state index in [4.69, 9.17) is 70.6 Å². The van der Waals surface area contributed by atoms with Gasteiger partial charge in [0.05, 0.1) is 62.6 Å². The third-order valence-corrected chi connectivity index (χ3v) is 13.3. The number of amides is 3. The summed E-state index contributed by atoms with van der Waals surface area (Å²) in [5, 5.41) is 26.6. The number of nitrogens with one attached hydrogen (secondary N) is 1. The van der Waals surface area contributed by atoms with Crippen LogP contribution >= 0.6 is 15.9 Å². The van der Waals surface area contributed by atoms with Gasteiger partial charge in [0.25, 0.3) is 41.5 Å². The van der Waals surface area contributed by atoms with Crippen molar-refractivity contribution in [1.29, 1.82) is 0 Å². The number of ketones is 3. The van der Waals surface area contributed by atoms with Crippen LogP contribution in [0, 0.1) is 20.8 Å². The Morgan fingerprint density at radius 1 is 0.535 bits per heavy atom. The van der Waals surface area contributed by atoms with Crippen LogP contribution in [0.1, 0.15) is 158 Å². The van der Waals surface area contributed by atoms with Crippen LogP contribution in [0.2, 0.25) is 0 Å². The number of carbonyl (C=O) groups is 12. The maximum atomic E-state index is 12.6. The van der Waals surface area contributed by atoms with Gasteiger partial charge in [0, 0.05) is 63.1 Å². The average molecular weight is 1540 g/mol. The van der Waals surface area contributed by atoms with Crippen molar-refractivity contribution >= 4 is 120 Å². The van der Waals surface area contributed by atoms with E-state index in [2.05, 4.69) is 30.5 Å². The zero-order valence-electron chi connectivity index (χ0n) is 61.6. The summed E-state index contributed by atoms with van der Waals surface area (Å²) in [6.07, 6.45) is 3.48. The molecule has 3 amide bonds. The number of aliphatic hydroxyl groups is 2. The summed E-state index contributed by atoms with van der Waals surface area (Å²) in [6.45, 7) is 24.4. The number of hydrogen-bond donors (Lipinski definition) is 6. The quantitative estimate of drug-likeness (QED) is 0.00364. The molecule has 0 unspecified atom stereocenters. The van der Waals surface area contributed by atoms with Gasteiger partial charge in [0.2, 0.25) is 0 Å². The molecule has 6 rings (SSSR count). The Kier molecular flexibility index (Phi) is 45.7. The number of aromatic amines is 1. The first-order chi connectivity index (χ1) is 46.3. The number of H-pyrrole nitrogens is 1. The van der Waals surface area contributed by atoms with E-state index in [-0.39, 0.29) is 171 Å². The normalized spacial score (nSPS) is 10.5. The van der Waals surface area contributed by atoms with Crippen LogP contribution < -0.4 is 139 Å². The number of aromatic nitrogens is 3. The molecule has 3 aromatic carbocycles. The number of alkyl halides is 1. The fourth-order valence-electron chi connectivity index (χ4n) is 9.24. The van der Waals surface area contributed by atoms with Crippen LogP contribution in [-0.2, 0) is 84.8 Å². The van der Waals surface area contributed by atoms with Gasteiger partial charge in [-0.1, -0.05) is 34.1 Å². The number of rotatable bonds is 28. The summed E-state index contributed by atoms with van der Waals surface area (Å²) < 4.78 is 45.9. The molecule has 0 fully saturated rings. The van der Waals surface area contributed by atoms with Crippen LogP contribution in [0.5, 0.6) is 17.2 Å². The first-order valence-corrected chi connectivity index (χ1v) is 31.9. The number of ether oxygens (including phenoxy) is 8. The molecule has 30 nitrogen and oxygen atoms in total. The van der Waals surface area contributed by atoms with Crippen LogP contribution in [0.4, 0.5) is 0 Å². The molecule has 0 saturated carbocycles. The summed E-state index contributed by atoms with van der Waals surface area (Å²) in [5.74, 6) is -6.97. The number of nitrogens with two attached hydrogens (primary N) is 3. The summed E-state index contributed by atoms with van der Waals surface area (Å²) in [4.78, 5) is 143. The van der Waals surface area contributed by atoms with Crippen molar-refractivity contribution in [2.45, 2.75) is 159 Å². The number of primary amides is 3. The van der Waals surface area contributed by atoms with E-state index in [0.717, 1.165) is 18.9 Å². The maximum Gasteiger partial charge on any atom is 1.00 e. The van der Waals surface area contributed by atoms with E-state index in [1.807, 2.05) is 9.13 Å². The summed E-state index contributed by atoms with van der Waals surface area (Å²) in [5.41, 5.74) is 17.8. The molecular weight excluding hydrogens is 1440 g/mol. The number of fused-ring (bicyclic) bond motifs is 3. The van der Waals surface area contributed by atoms with Gasteiger partial charge in [-0.05, 0) is 152 Å². The minimum absolute atomic E-state index is 0. The van der Waals surface area contributed by atoms with Gasteiger partial charge in [-0.2, -0.15) is 0 Å². The fraction of sp³-hybridized carbons (Fsp3) is 0.471. The standard InChI is InChI=1S/C23H30N2O7.C21H28N2O6.C17H20N2O5.C5H9BrO2.CH2O3.CH4O.2K.H/c1-14-19(21(28)22(24)29)20-16(25(14)11-6-7-12-30-15(2)26)9-8-10-17(20)31-13-18(27)32-23(3,4)5;1-13-17(19(26)20(22)27)18-14(23(13)10-5-6-11-24)8-7-9-15(18)28-12-16(25)29-21(2,3)4;1-9-13(15(21)16(18)22)14-10(19-9)6-5-7-11(14)23-8-12(20)24-17(2,3)4;1-5(7)8-4-2-3-6;2-1-4-3;1-2;;;/h8-10H,6-7,11-13H2,1-5H3,(H2,24,29);7-9,24H,5-6,10-12H2,1-4H3,(H2,22,27);5-7,19H,8H2,1-4H3,(H2,18,22);2-4H2,1H3;1,3H;2H,1H3;;;/q;;;;;;2*+1;-1/p-1. The van der Waals surface area contributed by atoms with Crippen molar-refractivity contribution in [3.8, 4) is 17.2 Å². The second kappa shape index (κ2) is 47.7. The first-order valence-electron chi connectivity index (χ1n) is 30.8. The molecule has 101 heavy (non-hydrogen) atoms. The Hall–Kier alpha value is -6.45. The van der Waals surface area contributed by atoms with E-state index in [1.54, 1.807) is 138 Å². The third kappa shape index (κ3) is 33.7. The Labute approximate surface area is 680 Å². The Morgan fingerprint density at radius 2 is 0.861 bits per heavy atom. The number of benzene rings is 3. The van der Waals surface area contributed by atoms with Crippen molar-refractivity contribution in [3.05, 3.63) is 88.4 Å². The summed E-state index contributed by atoms with van der Waals surface area (Å²) in [7, 11) is 1.00. The van der Waals surface area contributed by atoms with E-state index in [0.29, 0.717) is 113 Å². The second-order valence-electron chi connectivity index (χ2n) is 24.1. The minimum atomic E-state index is -1.08. The number of Topliss-reactive ketones (excluding diaryl/α,β-unsaturated/α-hetero) is 3. The predicted octanol–water partition coefficient (Wildman–Crippen LogP) is 0.155. The number of aryl methyl sites for hydroxylation is 3. The number of hydrogen-bond acceptors (Lipinski definition) is 24. The Morgan fingerprint density at radius 3 is 1.18 bits per heavy atom. The molecule has 6 aromatic rings. The van der Waals surface area contributed by atoms with Crippen LogP contribution in [0.3, 0.4) is 0 Å². The van der Waals surface area contributed by atoms with Crippen molar-refractivity contribution in [3.63, 3.8) is 0 Å². The van der Waals surface area contributed by atoms with Crippen molar-refractivity contribution < 1.29 is 220 Å². The number of unbranched alkanes of at least 4 members (excludes halogenated alkanes) is 2. The smallest absolute Gasteiger partial charge is 1.00 e. The molecule has 33 heteroatoms. The SMILES string of the molecule is CC(=O)OCCCBr.CC(=O)OCCCCn1c(C)c(C(=O)C(N)=O)c2c(OCC(=O)OC(C)(C)C)cccc21.CO.Cc1[nH]c2cccc(OCC(=O)OC(C)(C)C)c2c1C(=O)C(N)=O.Cc1c(C(=O)C(N)=O)c2c(OCC(=O)OC(C)(C)C)cccc2n1CCCCO.O=CO[O-].[H-].[K+].[K+]. The van der Waals surface area contributed by atoms with Gasteiger partial charge in [-0.25, -0.2) is 14.4 Å². The molecule has 0 bridgehead atoms. The average Bonchev–Trinajstić information content (AvgIpc) is 1.62. The molecule has 0 saturated heterocycles. The monoisotopic (exact) mass is 1530 g/mol. The van der Waals surface area contributed by atoms with Crippen LogP contribution in [0.25, 0.3) is 32.7 Å². The molecule has 9 N–H and O–H groups in total. The van der Waals surface area contributed by atoms with Crippen molar-refractivity contribution in [2.24, 2.45) is 17.2 Å². The van der Waals surface area contributed by atoms with Crippen LogP contribution in [-0.4, -0.2) is 165 Å². The van der Waals surface area contributed by atoms with Gasteiger partial charge in [-0.15, -0.1) is 0 Å². The molecule has 0 aliphatic carbocycles. The molecule has 3 heterocycles. The molecule has 0 radical (unpaired) electrons. The zero-order chi connectivity index (χ0) is 75.7. The molecule has 0 atom stereocenters. The van der Waals surface area contributed by atoms with E-state index < -0.39 is 69.8 Å². The minimum Gasteiger partial charge on any atom is -1.00 e. The largest absolute Gasteiger partial charge is 1.00 e. The van der Waals surface area contributed by atoms with E-state index in [1.165, 1.54) is 13.8 Å². The van der Waals surface area contributed by atoms with Crippen molar-refractivity contribution in [1.82, 2.24) is 14.1 Å². The molecular formula is C68H93BrK2N6O24. The van der Waals surface area contributed by atoms with Gasteiger partial charge >= 0.3 is 133 Å². The fourth-order valence-corrected chi connectivity index (χ4v) is 9.47. The zero-order valence-corrected chi connectivity index (χ0v) is 68.4. The number of carbonyl (C=O) groups excluding carboxylic acids is 12. The number of esters is 5. The summed E-state index contributed by atoms with van der Waals surface area (Å²) >= 11 is 3.21. The third-order valence-electron chi connectivity index (χ3n) is 12.7. The Bertz CT molecular complexity index is 3790. The molecule has 0 aliphatic rings. The van der Waals surface area contributed by atoms with Gasteiger partial charge in [-0.3, -0.25) is 43.2 Å². The molecule has 0 aliphatic heterocycles. The number of aliphatic hydroxyl groups excluding tert-OH is 2. The van der Waals surface area contributed by atoms with Gasteiger partial charge < -0.3 is 91.0 Å². The molecule has 3 aromatic heterocycles. The van der Waals surface area contributed by atoms with E-state index >= 15 is 0 Å². The van der Waals surface area contributed by atoms with Crippen molar-refractivity contribution in [2.75, 3.05) is 52.1 Å².